The molecule has 4 N–H and O–H groups in total. The molecule has 3 aliphatic carbocycles. The molecule has 8 nitrogen and oxygen atoms in total. The molecule has 0 radical (unpaired) electrons. The van der Waals surface area contributed by atoms with Crippen molar-refractivity contribution in [2.45, 2.75) is 57.5 Å². The molecule has 3 unspecified atom stereocenters. The molecule has 2 amide bonds. The molecule has 1 aromatic carbocycles. The molecule has 1 aromatic heterocycles. The zero-order valence-corrected chi connectivity index (χ0v) is 17.1. The number of ether oxygens (including phenoxy) is 1. The van der Waals surface area contributed by atoms with E-state index in [-0.39, 0.29) is 29.6 Å². The molecular weight excluding hydrogens is 382 g/mol. The van der Waals surface area contributed by atoms with Gasteiger partial charge in [-0.1, -0.05) is 12.5 Å². The summed E-state index contributed by atoms with van der Waals surface area (Å²) in [6.07, 6.45) is 7.69. The summed E-state index contributed by atoms with van der Waals surface area (Å²) in [6, 6.07) is 5.88. The van der Waals surface area contributed by atoms with Gasteiger partial charge in [0.1, 0.15) is 0 Å². The Morgan fingerprint density at radius 2 is 2.00 bits per heavy atom. The molecule has 0 spiro atoms. The summed E-state index contributed by atoms with van der Waals surface area (Å²) in [5, 5.41) is 10.3. The second kappa shape index (κ2) is 7.34. The fraction of sp³-hybridized carbons (Fsp3) is 0.500. The van der Waals surface area contributed by atoms with Gasteiger partial charge in [0.25, 0.3) is 5.91 Å². The fourth-order valence-electron chi connectivity index (χ4n) is 4.79. The van der Waals surface area contributed by atoms with Crippen molar-refractivity contribution in [3.8, 4) is 11.4 Å². The minimum atomic E-state index is -0.493. The van der Waals surface area contributed by atoms with Gasteiger partial charge in [-0.15, -0.1) is 0 Å². The van der Waals surface area contributed by atoms with Crippen molar-refractivity contribution in [1.82, 2.24) is 20.4 Å². The Kier molecular flexibility index (Phi) is 4.64. The van der Waals surface area contributed by atoms with E-state index >= 15 is 0 Å². The van der Waals surface area contributed by atoms with Gasteiger partial charge in [-0.25, -0.2) is 9.48 Å². The number of nitrogens with one attached hydrogen (secondary N) is 2. The monoisotopic (exact) mass is 409 g/mol. The first-order valence-corrected chi connectivity index (χ1v) is 10.7. The SMILES string of the molecule is Cc1ccc(C(=O)NC2CC2)cc1-n1ncc(OC(=O)NC2CC3CCC2C3)c1N. The van der Waals surface area contributed by atoms with Gasteiger partial charge in [0.2, 0.25) is 0 Å². The molecule has 3 aliphatic rings. The van der Waals surface area contributed by atoms with Crippen LogP contribution < -0.4 is 21.1 Å². The summed E-state index contributed by atoms with van der Waals surface area (Å²) in [6.45, 7) is 1.92. The van der Waals surface area contributed by atoms with Gasteiger partial charge in [-0.3, -0.25) is 4.79 Å². The molecule has 158 valence electrons. The number of hydrogen-bond donors (Lipinski definition) is 3. The number of aryl methyl sites for hydroxylation is 1. The number of benzene rings is 1. The number of nitrogen functional groups attached to an aromatic ring is 1. The van der Waals surface area contributed by atoms with Crippen LogP contribution >= 0.6 is 0 Å². The number of anilines is 1. The number of fused-ring (bicyclic) bond motifs is 2. The molecule has 8 heteroatoms. The van der Waals surface area contributed by atoms with E-state index in [0.29, 0.717) is 17.2 Å². The highest BCUT2D eigenvalue weighted by atomic mass is 16.6. The van der Waals surface area contributed by atoms with Gasteiger partial charge in [0, 0.05) is 17.6 Å². The first-order valence-electron chi connectivity index (χ1n) is 10.7. The van der Waals surface area contributed by atoms with Gasteiger partial charge in [-0.2, -0.15) is 5.10 Å². The van der Waals surface area contributed by atoms with E-state index < -0.39 is 6.09 Å². The average Bonchev–Trinajstić information content (AvgIpc) is 3.12. The highest BCUT2D eigenvalue weighted by molar-refractivity contribution is 5.95. The number of carbonyl (C=O) groups is 2. The second-order valence-corrected chi connectivity index (χ2v) is 8.87. The van der Waals surface area contributed by atoms with Crippen LogP contribution in [-0.2, 0) is 0 Å². The molecule has 3 atom stereocenters. The van der Waals surface area contributed by atoms with Crippen LogP contribution in [0.5, 0.6) is 5.75 Å². The zero-order chi connectivity index (χ0) is 20.8. The Morgan fingerprint density at radius 1 is 1.17 bits per heavy atom. The number of nitrogens with zero attached hydrogens (tertiary/aromatic N) is 2. The Labute approximate surface area is 175 Å². The largest absolute Gasteiger partial charge is 0.413 e. The van der Waals surface area contributed by atoms with Crippen molar-refractivity contribution < 1.29 is 14.3 Å². The van der Waals surface area contributed by atoms with E-state index in [2.05, 4.69) is 15.7 Å². The molecular formula is C22H27N5O3. The number of rotatable bonds is 5. The van der Waals surface area contributed by atoms with Crippen LogP contribution in [-0.4, -0.2) is 33.9 Å². The summed E-state index contributed by atoms with van der Waals surface area (Å²) in [7, 11) is 0. The van der Waals surface area contributed by atoms with Crippen LogP contribution in [0.3, 0.4) is 0 Å². The van der Waals surface area contributed by atoms with E-state index in [9.17, 15) is 9.59 Å². The van der Waals surface area contributed by atoms with E-state index in [1.165, 1.54) is 30.1 Å². The lowest BCUT2D eigenvalue weighted by Crippen LogP contribution is -2.40. The Morgan fingerprint density at radius 3 is 2.70 bits per heavy atom. The van der Waals surface area contributed by atoms with Crippen LogP contribution in [0.1, 0.15) is 54.4 Å². The van der Waals surface area contributed by atoms with Gasteiger partial charge in [-0.05, 0) is 68.6 Å². The lowest BCUT2D eigenvalue weighted by atomic mass is 9.96. The summed E-state index contributed by atoms with van der Waals surface area (Å²) in [5.41, 5.74) is 8.37. The number of carbonyl (C=O) groups excluding carboxylic acids is 2. The van der Waals surface area contributed by atoms with Crippen molar-refractivity contribution in [3.63, 3.8) is 0 Å². The third kappa shape index (κ3) is 3.62. The minimum absolute atomic E-state index is 0.105. The van der Waals surface area contributed by atoms with Crippen molar-refractivity contribution in [3.05, 3.63) is 35.5 Å². The first kappa shape index (κ1) is 19.0. The van der Waals surface area contributed by atoms with E-state index in [1.54, 1.807) is 12.1 Å². The van der Waals surface area contributed by atoms with Crippen LogP contribution in [0.2, 0.25) is 0 Å². The second-order valence-electron chi connectivity index (χ2n) is 8.87. The number of amides is 2. The van der Waals surface area contributed by atoms with Gasteiger partial charge >= 0.3 is 6.09 Å². The van der Waals surface area contributed by atoms with Crippen molar-refractivity contribution in [2.75, 3.05) is 5.73 Å². The fourth-order valence-corrected chi connectivity index (χ4v) is 4.79. The zero-order valence-electron chi connectivity index (χ0n) is 17.1. The number of nitrogens with two attached hydrogens (primary N) is 1. The standard InChI is InChI=1S/C22H27N5O3/c1-12-2-4-15(21(28)25-16-6-7-16)10-18(12)27-20(23)19(11-24-27)30-22(29)26-17-9-13-3-5-14(17)8-13/h2,4,10-11,13-14,16-17H,3,5-9,23H2,1H3,(H,25,28)(H,26,29). The Hall–Kier alpha value is -3.03. The van der Waals surface area contributed by atoms with Gasteiger partial charge in [0.05, 0.1) is 11.9 Å². The molecule has 1 heterocycles. The molecule has 0 saturated heterocycles. The maximum Gasteiger partial charge on any atom is 0.413 e. The maximum atomic E-state index is 12.4. The predicted octanol–water partition coefficient (Wildman–Crippen LogP) is 2.93. The van der Waals surface area contributed by atoms with Crippen molar-refractivity contribution in [1.29, 1.82) is 0 Å². The third-order valence-electron chi connectivity index (χ3n) is 6.63. The summed E-state index contributed by atoms with van der Waals surface area (Å²) in [5.74, 6) is 1.63. The Balaban J connectivity index is 1.30. The van der Waals surface area contributed by atoms with Crippen molar-refractivity contribution >= 4 is 17.8 Å². The number of aromatic nitrogens is 2. The Bertz CT molecular complexity index is 997. The van der Waals surface area contributed by atoms with Crippen LogP contribution in [0.15, 0.2) is 24.4 Å². The molecule has 2 bridgehead atoms. The van der Waals surface area contributed by atoms with E-state index in [0.717, 1.165) is 30.7 Å². The van der Waals surface area contributed by atoms with Gasteiger partial charge < -0.3 is 21.1 Å². The summed E-state index contributed by atoms with van der Waals surface area (Å²) in [4.78, 5) is 24.8. The average molecular weight is 409 g/mol. The minimum Gasteiger partial charge on any atom is -0.405 e. The summed E-state index contributed by atoms with van der Waals surface area (Å²) < 4.78 is 6.96. The first-order chi connectivity index (χ1) is 14.5. The van der Waals surface area contributed by atoms with Gasteiger partial charge in [0.15, 0.2) is 11.6 Å². The third-order valence-corrected chi connectivity index (χ3v) is 6.63. The van der Waals surface area contributed by atoms with Crippen LogP contribution in [0, 0.1) is 18.8 Å². The topological polar surface area (TPSA) is 111 Å². The lowest BCUT2D eigenvalue weighted by molar-refractivity contribution is 0.0951. The molecule has 30 heavy (non-hydrogen) atoms. The highest BCUT2D eigenvalue weighted by Gasteiger charge is 2.40. The predicted molar refractivity (Wildman–Crippen MR) is 112 cm³/mol. The lowest BCUT2D eigenvalue weighted by Gasteiger charge is -2.22. The van der Waals surface area contributed by atoms with Crippen LogP contribution in [0.4, 0.5) is 10.6 Å². The molecule has 3 saturated carbocycles. The van der Waals surface area contributed by atoms with Crippen molar-refractivity contribution in [2.24, 2.45) is 11.8 Å². The maximum absolute atomic E-state index is 12.4. The normalized spacial score (nSPS) is 24.6. The van der Waals surface area contributed by atoms with E-state index in [1.807, 2.05) is 13.0 Å². The molecule has 3 fully saturated rings. The molecule has 0 aliphatic heterocycles. The molecule has 5 rings (SSSR count). The quantitative estimate of drug-likeness (QED) is 0.703. The smallest absolute Gasteiger partial charge is 0.405 e. The number of hydrogen-bond acceptors (Lipinski definition) is 5. The highest BCUT2D eigenvalue weighted by Crippen LogP contribution is 2.44. The van der Waals surface area contributed by atoms with E-state index in [4.69, 9.17) is 10.5 Å². The molecule has 2 aromatic rings. The van der Waals surface area contributed by atoms with Crippen LogP contribution in [0.25, 0.3) is 5.69 Å². The summed E-state index contributed by atoms with van der Waals surface area (Å²) >= 11 is 0.